The molecule has 420 valence electrons. The summed E-state index contributed by atoms with van der Waals surface area (Å²) in [7, 11) is 0. The summed E-state index contributed by atoms with van der Waals surface area (Å²) in [6, 6.07) is 0. The Morgan fingerprint density at radius 3 is 1.10 bits per heavy atom. The van der Waals surface area contributed by atoms with Crippen molar-refractivity contribution in [3.8, 4) is 0 Å². The van der Waals surface area contributed by atoms with Gasteiger partial charge in [0.2, 0.25) is 0 Å². The Bertz CT molecular complexity index is 1240. The molecule has 2 heterocycles. The Morgan fingerprint density at radius 2 is 0.718 bits per heavy atom. The molecule has 2 aliphatic heterocycles. The highest BCUT2D eigenvalue weighted by atomic mass is 16.7. The van der Waals surface area contributed by atoms with E-state index in [2.05, 4.69) is 13.8 Å². The van der Waals surface area contributed by atoms with Gasteiger partial charge in [0.25, 0.3) is 0 Å². The summed E-state index contributed by atoms with van der Waals surface area (Å²) < 4.78 is 33.7. The predicted molar refractivity (Wildman–Crippen MR) is 275 cm³/mol. The molecule has 7 N–H and O–H groups in total. The molecule has 0 bridgehead atoms. The number of hydrogen-bond acceptors (Lipinski definition) is 15. The van der Waals surface area contributed by atoms with Crippen LogP contribution in [0.5, 0.6) is 0 Å². The Labute approximate surface area is 429 Å². The predicted octanol–water partition coefficient (Wildman–Crippen LogP) is 9.56. The van der Waals surface area contributed by atoms with E-state index in [0.29, 0.717) is 12.8 Å². The fourth-order valence-electron chi connectivity index (χ4n) is 9.57. The zero-order chi connectivity index (χ0) is 51.7. The van der Waals surface area contributed by atoms with Crippen molar-refractivity contribution in [2.75, 3.05) is 26.4 Å². The maximum Gasteiger partial charge on any atom is 0.306 e. The molecule has 2 fully saturated rings. The van der Waals surface area contributed by atoms with E-state index < -0.39 is 92.7 Å². The fraction of sp³-hybridized carbons (Fsp3) is 0.964. The molecule has 4 unspecified atom stereocenters. The summed E-state index contributed by atoms with van der Waals surface area (Å²) in [5, 5.41) is 72.2. The molecule has 2 rings (SSSR count). The van der Waals surface area contributed by atoms with Crippen molar-refractivity contribution in [1.82, 2.24) is 0 Å². The number of unbranched alkanes of at least 4 members (excludes halogenated alkanes) is 33. The van der Waals surface area contributed by atoms with Crippen LogP contribution in [0.4, 0.5) is 0 Å². The number of aliphatic hydroxyl groups excluding tert-OH is 7. The zero-order valence-corrected chi connectivity index (χ0v) is 44.7. The molecule has 15 heteroatoms. The normalized spacial score (nSPS) is 25.1. The van der Waals surface area contributed by atoms with Gasteiger partial charge in [-0.3, -0.25) is 9.59 Å². The summed E-state index contributed by atoms with van der Waals surface area (Å²) in [6.45, 7) is 2.65. The number of carbonyl (C=O) groups excluding carboxylic acids is 2. The lowest BCUT2D eigenvalue weighted by atomic mass is 9.98. The molecule has 0 aromatic heterocycles. The minimum Gasteiger partial charge on any atom is -0.462 e. The summed E-state index contributed by atoms with van der Waals surface area (Å²) >= 11 is 0. The largest absolute Gasteiger partial charge is 0.462 e. The number of esters is 2. The Hall–Kier alpha value is -1.50. The molecular formula is C56H106O15. The summed E-state index contributed by atoms with van der Waals surface area (Å²) in [6.07, 6.45) is 26.9. The smallest absolute Gasteiger partial charge is 0.306 e. The standard InChI is InChI=1S/C56H106O15/c1-3-5-7-9-11-13-15-17-19-20-21-22-23-25-27-29-31-33-35-37-39-48(59)69-44(41-66-47(58)38-36-34-32-30-28-26-24-18-16-14-12-10-8-6-4-2)42-67-55-54(65)52(63)50(61)46(71-55)43-68-56-53(64)51(62)49(60)45(40-57)70-56/h44-46,49-57,60-65H,3-43H2,1-2H3/t44-,45+,46+,49-,50-,51?,52?,53?,54?,55+,56+/m1/s1. The van der Waals surface area contributed by atoms with E-state index in [9.17, 15) is 45.3 Å². The molecule has 2 aliphatic rings. The molecule has 71 heavy (non-hydrogen) atoms. The zero-order valence-electron chi connectivity index (χ0n) is 44.7. The second kappa shape index (κ2) is 43.7. The average molecular weight is 1020 g/mol. The Morgan fingerprint density at radius 1 is 0.394 bits per heavy atom. The van der Waals surface area contributed by atoms with E-state index in [1.807, 2.05) is 0 Å². The van der Waals surface area contributed by atoms with Gasteiger partial charge in [0.15, 0.2) is 18.7 Å². The molecule has 15 nitrogen and oxygen atoms in total. The third kappa shape index (κ3) is 31.2. The minimum absolute atomic E-state index is 0.174. The van der Waals surface area contributed by atoms with Crippen molar-refractivity contribution in [3.63, 3.8) is 0 Å². The van der Waals surface area contributed by atoms with Crippen LogP contribution in [-0.4, -0.2) is 142 Å². The molecule has 0 radical (unpaired) electrons. The Balaban J connectivity index is 1.74. The van der Waals surface area contributed by atoms with Gasteiger partial charge in [-0.05, 0) is 12.8 Å². The molecule has 0 saturated carbocycles. The molecule has 0 aliphatic carbocycles. The second-order valence-corrected chi connectivity index (χ2v) is 20.8. The average Bonchev–Trinajstić information content (AvgIpc) is 3.36. The highest BCUT2D eigenvalue weighted by molar-refractivity contribution is 5.70. The van der Waals surface area contributed by atoms with Gasteiger partial charge < -0.3 is 64.2 Å². The van der Waals surface area contributed by atoms with E-state index in [4.69, 9.17) is 28.4 Å². The number of hydrogen-bond donors (Lipinski definition) is 7. The fourth-order valence-corrected chi connectivity index (χ4v) is 9.57. The first kappa shape index (κ1) is 65.6. The van der Waals surface area contributed by atoms with Crippen LogP contribution in [0.15, 0.2) is 0 Å². The summed E-state index contributed by atoms with van der Waals surface area (Å²) in [5.41, 5.74) is 0. The molecule has 0 amide bonds. The van der Waals surface area contributed by atoms with Gasteiger partial charge >= 0.3 is 11.9 Å². The highest BCUT2D eigenvalue weighted by Gasteiger charge is 2.47. The number of ether oxygens (including phenoxy) is 6. The number of aliphatic hydroxyl groups is 7. The van der Waals surface area contributed by atoms with Crippen LogP contribution in [0, 0.1) is 0 Å². The molecule has 0 spiro atoms. The van der Waals surface area contributed by atoms with Crippen molar-refractivity contribution >= 4 is 11.9 Å². The molecule has 0 aromatic rings. The van der Waals surface area contributed by atoms with Gasteiger partial charge in [-0.1, -0.05) is 226 Å². The van der Waals surface area contributed by atoms with Gasteiger partial charge in [0.05, 0.1) is 19.8 Å². The van der Waals surface area contributed by atoms with E-state index >= 15 is 0 Å². The quantitative estimate of drug-likeness (QED) is 0.0222. The first-order valence-electron chi connectivity index (χ1n) is 29.1. The lowest BCUT2D eigenvalue weighted by molar-refractivity contribution is -0.332. The van der Waals surface area contributed by atoms with Gasteiger partial charge in [0.1, 0.15) is 55.4 Å². The van der Waals surface area contributed by atoms with E-state index in [-0.39, 0.29) is 26.1 Å². The first-order chi connectivity index (χ1) is 34.5. The van der Waals surface area contributed by atoms with Crippen LogP contribution < -0.4 is 0 Å². The van der Waals surface area contributed by atoms with Crippen LogP contribution in [-0.2, 0) is 38.0 Å². The van der Waals surface area contributed by atoms with Crippen molar-refractivity contribution in [2.45, 2.75) is 319 Å². The second-order valence-electron chi connectivity index (χ2n) is 20.8. The third-order valence-electron chi connectivity index (χ3n) is 14.3. The summed E-state index contributed by atoms with van der Waals surface area (Å²) in [4.78, 5) is 25.9. The summed E-state index contributed by atoms with van der Waals surface area (Å²) in [5.74, 6) is -0.904. The maximum atomic E-state index is 13.1. The molecular weight excluding hydrogens is 913 g/mol. The highest BCUT2D eigenvalue weighted by Crippen LogP contribution is 2.27. The van der Waals surface area contributed by atoms with Crippen molar-refractivity contribution in [3.05, 3.63) is 0 Å². The molecule has 2 saturated heterocycles. The van der Waals surface area contributed by atoms with E-state index in [0.717, 1.165) is 38.5 Å². The van der Waals surface area contributed by atoms with Crippen molar-refractivity contribution in [1.29, 1.82) is 0 Å². The maximum absolute atomic E-state index is 13.1. The van der Waals surface area contributed by atoms with Crippen LogP contribution in [0.1, 0.15) is 251 Å². The van der Waals surface area contributed by atoms with Crippen molar-refractivity contribution in [2.24, 2.45) is 0 Å². The number of carbonyl (C=O) groups is 2. The number of rotatable bonds is 47. The van der Waals surface area contributed by atoms with Crippen molar-refractivity contribution < 1.29 is 73.8 Å². The topological polar surface area (TPSA) is 231 Å². The van der Waals surface area contributed by atoms with Gasteiger partial charge in [0, 0.05) is 12.8 Å². The van der Waals surface area contributed by atoms with E-state index in [1.165, 1.54) is 173 Å². The third-order valence-corrected chi connectivity index (χ3v) is 14.3. The van der Waals surface area contributed by atoms with Crippen LogP contribution >= 0.6 is 0 Å². The van der Waals surface area contributed by atoms with Gasteiger partial charge in [-0.25, -0.2) is 0 Å². The Kier molecular flexibility index (Phi) is 40.4. The molecule has 11 atom stereocenters. The van der Waals surface area contributed by atoms with Crippen LogP contribution in [0.2, 0.25) is 0 Å². The lowest BCUT2D eigenvalue weighted by Crippen LogP contribution is -2.61. The van der Waals surface area contributed by atoms with Gasteiger partial charge in [-0.15, -0.1) is 0 Å². The van der Waals surface area contributed by atoms with Gasteiger partial charge in [-0.2, -0.15) is 0 Å². The lowest BCUT2D eigenvalue weighted by Gasteiger charge is -2.42. The van der Waals surface area contributed by atoms with E-state index in [1.54, 1.807) is 0 Å². The monoisotopic (exact) mass is 1020 g/mol. The molecule has 0 aromatic carbocycles. The first-order valence-corrected chi connectivity index (χ1v) is 29.1. The minimum atomic E-state index is -1.76. The SMILES string of the molecule is CCCCCCCCCCCCCCCCCCCCCCC(=O)O[C@H](COC(=O)CCCCCCCCCCCCCCCCC)CO[C@H]1O[C@@H](CO[C@H]2O[C@@H](CO)[C@@H](O)C(O)C2O)[C@@H](O)C(O)C1O. The van der Waals surface area contributed by atoms with Crippen LogP contribution in [0.25, 0.3) is 0 Å². The van der Waals surface area contributed by atoms with Crippen LogP contribution in [0.3, 0.4) is 0 Å².